The summed E-state index contributed by atoms with van der Waals surface area (Å²) in [6.07, 6.45) is 1.18. The lowest BCUT2D eigenvalue weighted by Gasteiger charge is -2.19. The lowest BCUT2D eigenvalue weighted by molar-refractivity contribution is -0.117. The Labute approximate surface area is 137 Å². The average Bonchev–Trinajstić information content (AvgIpc) is 3.02. The number of anilines is 1. The predicted octanol–water partition coefficient (Wildman–Crippen LogP) is 3.45. The van der Waals surface area contributed by atoms with Crippen LogP contribution < -0.4 is 4.90 Å². The average molecular weight is 331 g/mol. The largest absolute Gasteiger partial charge is 0.457 e. The highest BCUT2D eigenvalue weighted by molar-refractivity contribution is 6.03. The molecule has 124 valence electrons. The molecule has 1 aliphatic heterocycles. The van der Waals surface area contributed by atoms with Crippen LogP contribution in [0.1, 0.15) is 28.8 Å². The number of carbonyl (C=O) groups is 2. The number of esters is 1. The molecule has 0 aliphatic carbocycles. The van der Waals surface area contributed by atoms with Crippen molar-refractivity contribution in [1.82, 2.24) is 0 Å². The van der Waals surface area contributed by atoms with Crippen molar-refractivity contribution >= 4 is 17.6 Å². The molecular formula is C18H15F2NO3. The van der Waals surface area contributed by atoms with Crippen molar-refractivity contribution in [2.75, 3.05) is 11.4 Å². The van der Waals surface area contributed by atoms with Crippen LogP contribution in [0.3, 0.4) is 0 Å². The van der Waals surface area contributed by atoms with Crippen molar-refractivity contribution in [3.05, 3.63) is 65.2 Å². The van der Waals surface area contributed by atoms with Gasteiger partial charge in [0.1, 0.15) is 6.61 Å². The molecule has 0 unspecified atom stereocenters. The molecule has 0 spiro atoms. The van der Waals surface area contributed by atoms with Crippen molar-refractivity contribution in [2.45, 2.75) is 19.4 Å². The Balaban J connectivity index is 1.78. The van der Waals surface area contributed by atoms with Gasteiger partial charge in [-0.1, -0.05) is 24.3 Å². The van der Waals surface area contributed by atoms with Crippen molar-refractivity contribution < 1.29 is 23.1 Å². The molecule has 0 atom stereocenters. The van der Waals surface area contributed by atoms with E-state index in [1.54, 1.807) is 29.2 Å². The number of para-hydroxylation sites is 1. The van der Waals surface area contributed by atoms with Gasteiger partial charge in [-0.15, -0.1) is 0 Å². The Morgan fingerprint density at radius 2 is 1.92 bits per heavy atom. The third kappa shape index (κ3) is 3.13. The second-order valence-corrected chi connectivity index (χ2v) is 5.46. The highest BCUT2D eigenvalue weighted by atomic mass is 19.2. The van der Waals surface area contributed by atoms with Gasteiger partial charge in [0.25, 0.3) is 0 Å². The lowest BCUT2D eigenvalue weighted by Crippen LogP contribution is -2.26. The standard InChI is InChI=1S/C18H15F2NO3/c19-14-7-3-5-12(17(14)20)11-24-18(23)13-6-1-2-8-15(13)21-10-4-9-16(21)22/h1-3,5-8H,4,9-11H2. The molecule has 4 nitrogen and oxygen atoms in total. The summed E-state index contributed by atoms with van der Waals surface area (Å²) in [5, 5.41) is 0. The number of hydrogen-bond donors (Lipinski definition) is 0. The van der Waals surface area contributed by atoms with Crippen LogP contribution in [0, 0.1) is 11.6 Å². The van der Waals surface area contributed by atoms with Gasteiger partial charge in [-0.05, 0) is 24.6 Å². The molecule has 1 saturated heterocycles. The number of nitrogens with zero attached hydrogens (tertiary/aromatic N) is 1. The molecule has 0 N–H and O–H groups in total. The van der Waals surface area contributed by atoms with E-state index in [0.717, 1.165) is 12.5 Å². The van der Waals surface area contributed by atoms with Crippen LogP contribution >= 0.6 is 0 Å². The van der Waals surface area contributed by atoms with E-state index in [-0.39, 0.29) is 23.6 Å². The van der Waals surface area contributed by atoms with E-state index in [0.29, 0.717) is 18.7 Å². The summed E-state index contributed by atoms with van der Waals surface area (Å²) in [6.45, 7) is 0.159. The molecule has 6 heteroatoms. The van der Waals surface area contributed by atoms with E-state index < -0.39 is 17.6 Å². The number of amides is 1. The van der Waals surface area contributed by atoms with Crippen molar-refractivity contribution in [1.29, 1.82) is 0 Å². The first kappa shape index (κ1) is 16.1. The zero-order valence-corrected chi connectivity index (χ0v) is 12.8. The summed E-state index contributed by atoms with van der Waals surface area (Å²) >= 11 is 0. The van der Waals surface area contributed by atoms with Crippen LogP contribution in [0.5, 0.6) is 0 Å². The minimum atomic E-state index is -1.03. The highest BCUT2D eigenvalue weighted by Gasteiger charge is 2.26. The second kappa shape index (κ2) is 6.78. The van der Waals surface area contributed by atoms with Gasteiger partial charge in [0.2, 0.25) is 5.91 Å². The number of rotatable bonds is 4. The van der Waals surface area contributed by atoms with E-state index in [1.807, 2.05) is 0 Å². The highest BCUT2D eigenvalue weighted by Crippen LogP contribution is 2.26. The first-order valence-electron chi connectivity index (χ1n) is 7.57. The quantitative estimate of drug-likeness (QED) is 0.806. The fourth-order valence-electron chi connectivity index (χ4n) is 2.67. The van der Waals surface area contributed by atoms with Crippen LogP contribution in [-0.4, -0.2) is 18.4 Å². The molecule has 1 amide bonds. The second-order valence-electron chi connectivity index (χ2n) is 5.46. The smallest absolute Gasteiger partial charge is 0.340 e. The number of hydrogen-bond acceptors (Lipinski definition) is 3. The third-order valence-electron chi connectivity index (χ3n) is 3.88. The number of ether oxygens (including phenoxy) is 1. The summed E-state index contributed by atoms with van der Waals surface area (Å²) in [4.78, 5) is 25.8. The lowest BCUT2D eigenvalue weighted by atomic mass is 10.1. The van der Waals surface area contributed by atoms with Gasteiger partial charge in [-0.2, -0.15) is 0 Å². The number of carbonyl (C=O) groups excluding carboxylic acids is 2. The monoisotopic (exact) mass is 331 g/mol. The topological polar surface area (TPSA) is 46.6 Å². The SMILES string of the molecule is O=C(OCc1cccc(F)c1F)c1ccccc1N1CCCC1=O. The molecular weight excluding hydrogens is 316 g/mol. The molecule has 2 aromatic carbocycles. The molecule has 0 aromatic heterocycles. The van der Waals surface area contributed by atoms with Gasteiger partial charge in [0.15, 0.2) is 11.6 Å². The maximum Gasteiger partial charge on any atom is 0.340 e. The Hall–Kier alpha value is -2.76. The fourth-order valence-corrected chi connectivity index (χ4v) is 2.67. The Morgan fingerprint density at radius 1 is 1.12 bits per heavy atom. The maximum atomic E-state index is 13.6. The molecule has 3 rings (SSSR count). The van der Waals surface area contributed by atoms with Crippen LogP contribution in [0.2, 0.25) is 0 Å². The van der Waals surface area contributed by atoms with Crippen LogP contribution in [0.15, 0.2) is 42.5 Å². The summed E-state index contributed by atoms with van der Waals surface area (Å²) < 4.78 is 31.9. The molecule has 1 aliphatic rings. The van der Waals surface area contributed by atoms with E-state index >= 15 is 0 Å². The molecule has 0 radical (unpaired) electrons. The summed E-state index contributed by atoms with van der Waals surface area (Å²) in [7, 11) is 0. The Morgan fingerprint density at radius 3 is 2.67 bits per heavy atom. The van der Waals surface area contributed by atoms with E-state index in [4.69, 9.17) is 4.74 Å². The molecule has 24 heavy (non-hydrogen) atoms. The van der Waals surface area contributed by atoms with Gasteiger partial charge in [0.05, 0.1) is 11.3 Å². The van der Waals surface area contributed by atoms with Crippen LogP contribution in [0.25, 0.3) is 0 Å². The van der Waals surface area contributed by atoms with Crippen molar-refractivity contribution in [3.63, 3.8) is 0 Å². The summed E-state index contributed by atoms with van der Waals surface area (Å²) in [5.41, 5.74) is 0.660. The molecule has 1 fully saturated rings. The summed E-state index contributed by atoms with van der Waals surface area (Å²) in [5.74, 6) is -2.76. The van der Waals surface area contributed by atoms with E-state index in [1.165, 1.54) is 12.1 Å². The first-order chi connectivity index (χ1) is 11.6. The van der Waals surface area contributed by atoms with Gasteiger partial charge < -0.3 is 9.64 Å². The van der Waals surface area contributed by atoms with Crippen LogP contribution in [0.4, 0.5) is 14.5 Å². The van der Waals surface area contributed by atoms with Gasteiger partial charge in [-0.25, -0.2) is 13.6 Å². The zero-order valence-electron chi connectivity index (χ0n) is 12.8. The van der Waals surface area contributed by atoms with Gasteiger partial charge >= 0.3 is 5.97 Å². The van der Waals surface area contributed by atoms with Gasteiger partial charge in [0, 0.05) is 18.5 Å². The van der Waals surface area contributed by atoms with E-state index in [9.17, 15) is 18.4 Å². The van der Waals surface area contributed by atoms with Crippen molar-refractivity contribution in [3.8, 4) is 0 Å². The molecule has 0 saturated carbocycles. The van der Waals surface area contributed by atoms with Crippen molar-refractivity contribution in [2.24, 2.45) is 0 Å². The number of benzene rings is 2. The zero-order chi connectivity index (χ0) is 17.1. The fraction of sp³-hybridized carbons (Fsp3) is 0.222. The maximum absolute atomic E-state index is 13.6. The molecule has 0 bridgehead atoms. The minimum absolute atomic E-state index is 0.0434. The normalized spacial score (nSPS) is 14.1. The Bertz CT molecular complexity index is 792. The first-order valence-corrected chi connectivity index (χ1v) is 7.57. The Kier molecular flexibility index (Phi) is 4.55. The predicted molar refractivity (Wildman–Crippen MR) is 83.5 cm³/mol. The summed E-state index contributed by atoms with van der Waals surface area (Å²) in [6, 6.07) is 10.3. The minimum Gasteiger partial charge on any atom is -0.457 e. The molecule has 1 heterocycles. The third-order valence-corrected chi connectivity index (χ3v) is 3.88. The van der Waals surface area contributed by atoms with E-state index in [2.05, 4.69) is 0 Å². The van der Waals surface area contributed by atoms with Gasteiger partial charge in [-0.3, -0.25) is 4.79 Å². The molecule has 2 aromatic rings. The van der Waals surface area contributed by atoms with Crippen LogP contribution in [-0.2, 0) is 16.1 Å². The number of halogens is 2.